The topological polar surface area (TPSA) is 110 Å². The number of carbonyl (C=O) groups is 1. The molecule has 3 aliphatic heterocycles. The van der Waals surface area contributed by atoms with E-state index in [4.69, 9.17) is 0 Å². The second-order valence-electron chi connectivity index (χ2n) is 7.12. The molecule has 3 aromatic rings. The van der Waals surface area contributed by atoms with E-state index in [0.717, 1.165) is 12.2 Å². The summed E-state index contributed by atoms with van der Waals surface area (Å²) in [7, 11) is -2.35. The lowest BCUT2D eigenvalue weighted by atomic mass is 9.91. The number of sulfonamides is 1. The van der Waals surface area contributed by atoms with Gasteiger partial charge in [0, 0.05) is 25.2 Å². The SMILES string of the molecule is COC(=O)c1ccc(S(=O)(=O)N2C3CC2CN(c2ccc4nncn4n2)C3)cc1. The number of anilines is 1. The molecule has 0 amide bonds. The zero-order valence-electron chi connectivity index (χ0n) is 15.5. The van der Waals surface area contributed by atoms with E-state index in [0.29, 0.717) is 24.3 Å². The molecular formula is C18H18N6O4S. The van der Waals surface area contributed by atoms with Gasteiger partial charge in [-0.3, -0.25) is 0 Å². The number of aromatic nitrogens is 4. The molecule has 29 heavy (non-hydrogen) atoms. The lowest BCUT2D eigenvalue weighted by Crippen LogP contribution is -2.70. The molecule has 150 valence electrons. The number of hydrogen-bond acceptors (Lipinski definition) is 8. The van der Waals surface area contributed by atoms with Crippen LogP contribution in [0.2, 0.25) is 0 Å². The quantitative estimate of drug-likeness (QED) is 0.570. The molecule has 5 heterocycles. The Balaban J connectivity index is 1.35. The van der Waals surface area contributed by atoms with Crippen LogP contribution in [0, 0.1) is 0 Å². The van der Waals surface area contributed by atoms with Crippen LogP contribution < -0.4 is 4.90 Å². The number of nitrogens with zero attached hydrogens (tertiary/aromatic N) is 6. The van der Waals surface area contributed by atoms with Crippen molar-refractivity contribution in [3.63, 3.8) is 0 Å². The Morgan fingerprint density at radius 3 is 2.52 bits per heavy atom. The fourth-order valence-electron chi connectivity index (χ4n) is 4.04. The van der Waals surface area contributed by atoms with Gasteiger partial charge in [-0.05, 0) is 42.8 Å². The zero-order chi connectivity index (χ0) is 20.2. The Bertz CT molecular complexity index is 1180. The van der Waals surface area contributed by atoms with E-state index in [1.165, 1.54) is 37.7 Å². The minimum Gasteiger partial charge on any atom is -0.465 e. The van der Waals surface area contributed by atoms with Crippen LogP contribution in [0.4, 0.5) is 5.82 Å². The Labute approximate surface area is 166 Å². The van der Waals surface area contributed by atoms with Crippen LogP contribution in [-0.4, -0.2) is 70.8 Å². The van der Waals surface area contributed by atoms with Gasteiger partial charge >= 0.3 is 5.97 Å². The molecule has 3 saturated heterocycles. The van der Waals surface area contributed by atoms with Crippen LogP contribution in [0.5, 0.6) is 0 Å². The van der Waals surface area contributed by atoms with Gasteiger partial charge in [-0.2, -0.15) is 8.82 Å². The number of esters is 1. The minimum atomic E-state index is -3.63. The van der Waals surface area contributed by atoms with Gasteiger partial charge in [-0.25, -0.2) is 13.2 Å². The molecule has 0 N–H and O–H groups in total. The van der Waals surface area contributed by atoms with Crippen LogP contribution in [0.1, 0.15) is 16.8 Å². The second-order valence-corrected chi connectivity index (χ2v) is 8.97. The third-order valence-electron chi connectivity index (χ3n) is 5.45. The number of carbonyl (C=O) groups excluding carboxylic acids is 1. The maximum absolute atomic E-state index is 13.1. The van der Waals surface area contributed by atoms with Crippen LogP contribution in [-0.2, 0) is 14.8 Å². The summed E-state index contributed by atoms with van der Waals surface area (Å²) in [5, 5.41) is 12.3. The molecule has 10 nitrogen and oxygen atoms in total. The van der Waals surface area contributed by atoms with Gasteiger partial charge in [0.25, 0.3) is 0 Å². The molecule has 3 aliphatic rings. The van der Waals surface area contributed by atoms with Gasteiger partial charge in [0.2, 0.25) is 10.0 Å². The van der Waals surface area contributed by atoms with E-state index in [1.807, 2.05) is 12.1 Å². The van der Waals surface area contributed by atoms with E-state index in [-0.39, 0.29) is 17.0 Å². The molecule has 0 radical (unpaired) electrons. The van der Waals surface area contributed by atoms with E-state index in [1.54, 1.807) is 8.82 Å². The van der Waals surface area contributed by atoms with E-state index in [9.17, 15) is 13.2 Å². The van der Waals surface area contributed by atoms with Crippen molar-refractivity contribution in [1.29, 1.82) is 0 Å². The predicted molar refractivity (Wildman–Crippen MR) is 102 cm³/mol. The molecule has 1 aromatic carbocycles. The van der Waals surface area contributed by atoms with Crippen molar-refractivity contribution in [2.45, 2.75) is 23.4 Å². The zero-order valence-corrected chi connectivity index (χ0v) is 16.4. The van der Waals surface area contributed by atoms with Crippen molar-refractivity contribution in [2.75, 3.05) is 25.1 Å². The number of piperazine rings is 1. The summed E-state index contributed by atoms with van der Waals surface area (Å²) in [6.45, 7) is 1.13. The van der Waals surface area contributed by atoms with E-state index < -0.39 is 16.0 Å². The smallest absolute Gasteiger partial charge is 0.337 e. The van der Waals surface area contributed by atoms with Gasteiger partial charge in [0.1, 0.15) is 12.1 Å². The fourth-order valence-corrected chi connectivity index (χ4v) is 5.86. The molecule has 6 rings (SSSR count). The summed E-state index contributed by atoms with van der Waals surface area (Å²) in [4.78, 5) is 13.8. The molecule has 0 aliphatic carbocycles. The number of methoxy groups -OCH3 is 1. The first-order chi connectivity index (χ1) is 14.0. The predicted octanol–water partition coefficient (Wildman–Crippen LogP) is 0.563. The summed E-state index contributed by atoms with van der Waals surface area (Å²) in [5.74, 6) is 0.273. The monoisotopic (exact) mass is 414 g/mol. The van der Waals surface area contributed by atoms with Gasteiger partial charge in [-0.15, -0.1) is 15.3 Å². The van der Waals surface area contributed by atoms with Crippen LogP contribution >= 0.6 is 0 Å². The van der Waals surface area contributed by atoms with Crippen LogP contribution in [0.3, 0.4) is 0 Å². The van der Waals surface area contributed by atoms with Crippen molar-refractivity contribution in [2.24, 2.45) is 0 Å². The van der Waals surface area contributed by atoms with E-state index in [2.05, 4.69) is 24.9 Å². The molecular weight excluding hydrogens is 396 g/mol. The average molecular weight is 414 g/mol. The number of fused-ring (bicyclic) bond motifs is 3. The molecule has 0 saturated carbocycles. The van der Waals surface area contributed by atoms with E-state index >= 15 is 0 Å². The van der Waals surface area contributed by atoms with Gasteiger partial charge in [-0.1, -0.05) is 0 Å². The average Bonchev–Trinajstić information content (AvgIpc) is 3.21. The first kappa shape index (κ1) is 18.0. The highest BCUT2D eigenvalue weighted by Gasteiger charge is 2.51. The molecule has 0 spiro atoms. The molecule has 2 aromatic heterocycles. The maximum Gasteiger partial charge on any atom is 0.337 e. The molecule has 3 fully saturated rings. The Hall–Kier alpha value is -3.05. The fraction of sp³-hybridized carbons (Fsp3) is 0.333. The number of rotatable bonds is 4. The number of ether oxygens (including phenoxy) is 1. The Morgan fingerprint density at radius 2 is 1.83 bits per heavy atom. The summed E-state index contributed by atoms with van der Waals surface area (Å²) < 4.78 is 34.1. The normalized spacial score (nSPS) is 21.8. The molecule has 2 atom stereocenters. The third-order valence-corrected chi connectivity index (χ3v) is 7.47. The van der Waals surface area contributed by atoms with Crippen molar-refractivity contribution < 1.29 is 17.9 Å². The maximum atomic E-state index is 13.1. The lowest BCUT2D eigenvalue weighted by Gasteiger charge is -2.55. The van der Waals surface area contributed by atoms with Crippen LogP contribution in [0.25, 0.3) is 5.65 Å². The number of piperidine rings is 1. The molecule has 2 unspecified atom stereocenters. The first-order valence-corrected chi connectivity index (χ1v) is 10.6. The highest BCUT2D eigenvalue weighted by atomic mass is 32.2. The van der Waals surface area contributed by atoms with Crippen molar-refractivity contribution in [3.8, 4) is 0 Å². The van der Waals surface area contributed by atoms with Crippen LogP contribution in [0.15, 0.2) is 47.6 Å². The summed E-state index contributed by atoms with van der Waals surface area (Å²) >= 11 is 0. The van der Waals surface area contributed by atoms with Crippen molar-refractivity contribution in [1.82, 2.24) is 24.1 Å². The number of hydrogen-bond donors (Lipinski definition) is 0. The molecule has 11 heteroatoms. The summed E-state index contributed by atoms with van der Waals surface area (Å²) in [6.07, 6.45) is 2.36. The third kappa shape index (κ3) is 2.85. The standard InChI is InChI=1S/C18H18N6O4S/c1-28-18(25)12-2-4-15(5-3-12)29(26,27)24-13-8-14(24)10-22(9-13)17-7-6-16-20-19-11-23(16)21-17/h2-7,11,13-14H,8-10H2,1H3. The number of benzene rings is 1. The molecule has 2 bridgehead atoms. The Kier molecular flexibility index (Phi) is 4.03. The van der Waals surface area contributed by atoms with Crippen molar-refractivity contribution >= 4 is 27.5 Å². The van der Waals surface area contributed by atoms with Gasteiger partial charge < -0.3 is 9.64 Å². The lowest BCUT2D eigenvalue weighted by molar-refractivity contribution is 0.0600. The first-order valence-electron chi connectivity index (χ1n) is 9.11. The highest BCUT2D eigenvalue weighted by Crippen LogP contribution is 2.38. The minimum absolute atomic E-state index is 0.113. The Morgan fingerprint density at radius 1 is 1.10 bits per heavy atom. The highest BCUT2D eigenvalue weighted by molar-refractivity contribution is 7.89. The van der Waals surface area contributed by atoms with Gasteiger partial charge in [0.15, 0.2) is 5.65 Å². The second kappa shape index (κ2) is 6.49. The van der Waals surface area contributed by atoms with Crippen molar-refractivity contribution in [3.05, 3.63) is 48.3 Å². The summed E-state index contributed by atoms with van der Waals surface area (Å²) in [5.41, 5.74) is 0.979. The summed E-state index contributed by atoms with van der Waals surface area (Å²) in [6, 6.07) is 9.34. The van der Waals surface area contributed by atoms with Gasteiger partial charge in [0.05, 0.1) is 17.6 Å². The largest absolute Gasteiger partial charge is 0.465 e.